The summed E-state index contributed by atoms with van der Waals surface area (Å²) in [6, 6.07) is 11.3. The number of rotatable bonds is 3. The summed E-state index contributed by atoms with van der Waals surface area (Å²) in [7, 11) is -3.47. The lowest BCUT2D eigenvalue weighted by atomic mass is 10.0. The first-order chi connectivity index (χ1) is 11.5. The average molecular weight is 399 g/mol. The van der Waals surface area contributed by atoms with Crippen LogP contribution in [0.1, 0.15) is 23.8 Å². The first-order valence-corrected chi connectivity index (χ1v) is 11.1. The van der Waals surface area contributed by atoms with E-state index in [1.54, 1.807) is 27.8 Å². The average Bonchev–Trinajstić information content (AvgIpc) is 3.21. The van der Waals surface area contributed by atoms with Gasteiger partial charge in [-0.25, -0.2) is 13.4 Å². The van der Waals surface area contributed by atoms with Crippen LogP contribution in [-0.4, -0.2) is 30.8 Å². The second-order valence-electron chi connectivity index (χ2n) is 5.78. The Hall–Kier alpha value is -0.990. The molecule has 0 radical (unpaired) electrons. The Morgan fingerprint density at radius 2 is 2.00 bits per heavy atom. The van der Waals surface area contributed by atoms with Crippen LogP contribution in [0.25, 0.3) is 10.2 Å². The van der Waals surface area contributed by atoms with Crippen molar-refractivity contribution in [1.82, 2.24) is 9.29 Å². The molecule has 0 amide bonds. The summed E-state index contributed by atoms with van der Waals surface area (Å²) < 4.78 is 29.2. The van der Waals surface area contributed by atoms with Gasteiger partial charge in [0.25, 0.3) is 10.0 Å². The number of hydrogen-bond acceptors (Lipinski definition) is 5. The predicted octanol–water partition coefficient (Wildman–Crippen LogP) is 4.58. The molecular formula is C16H15ClN2O2S3. The Morgan fingerprint density at radius 1 is 1.17 bits per heavy atom. The fourth-order valence-electron chi connectivity index (χ4n) is 2.99. The molecule has 0 aliphatic carbocycles. The first kappa shape index (κ1) is 16.5. The molecule has 1 aliphatic heterocycles. The van der Waals surface area contributed by atoms with E-state index < -0.39 is 10.0 Å². The van der Waals surface area contributed by atoms with Crippen LogP contribution in [0.3, 0.4) is 0 Å². The maximum absolute atomic E-state index is 12.8. The van der Waals surface area contributed by atoms with Crippen molar-refractivity contribution in [3.05, 3.63) is 45.7 Å². The smallest absolute Gasteiger partial charge is 0.241 e. The van der Waals surface area contributed by atoms with Gasteiger partial charge in [-0.05, 0) is 37.1 Å². The molecule has 8 heteroatoms. The highest BCUT2D eigenvalue weighted by molar-refractivity contribution is 7.91. The molecule has 0 spiro atoms. The summed E-state index contributed by atoms with van der Waals surface area (Å²) in [5, 5.41) is 1.03. The van der Waals surface area contributed by atoms with Crippen LogP contribution in [0, 0.1) is 0 Å². The topological polar surface area (TPSA) is 50.3 Å². The summed E-state index contributed by atoms with van der Waals surface area (Å²) in [6.45, 7) is 1.04. The second kappa shape index (κ2) is 6.38. The van der Waals surface area contributed by atoms with Gasteiger partial charge >= 0.3 is 0 Å². The fourth-order valence-corrected chi connectivity index (χ4v) is 7.24. The third-order valence-corrected chi connectivity index (χ3v) is 8.95. The summed E-state index contributed by atoms with van der Waals surface area (Å²) in [4.78, 5) is 4.71. The van der Waals surface area contributed by atoms with E-state index in [1.165, 1.54) is 0 Å². The van der Waals surface area contributed by atoms with Gasteiger partial charge in [-0.1, -0.05) is 23.7 Å². The van der Waals surface area contributed by atoms with Gasteiger partial charge < -0.3 is 0 Å². The highest BCUT2D eigenvalue weighted by atomic mass is 35.5. The van der Waals surface area contributed by atoms with Gasteiger partial charge in [-0.15, -0.1) is 22.7 Å². The number of benzene rings is 1. The van der Waals surface area contributed by atoms with Gasteiger partial charge in [0.05, 0.1) is 19.6 Å². The van der Waals surface area contributed by atoms with Gasteiger partial charge in [0.15, 0.2) is 0 Å². The molecule has 0 N–H and O–H groups in total. The standard InChI is InChI=1S/C16H15ClN2O2S3/c17-14-7-8-15(23-14)24(20,21)19-9-3-4-11(10-19)16-18-12-5-1-2-6-13(12)22-16/h1-2,5-8,11H,3-4,9-10H2/t11-/m1/s1. The molecule has 1 aliphatic rings. The van der Waals surface area contributed by atoms with Gasteiger partial charge in [0.2, 0.25) is 0 Å². The Bertz CT molecular complexity index is 947. The Kier molecular flexibility index (Phi) is 4.38. The van der Waals surface area contributed by atoms with Gasteiger partial charge in [0, 0.05) is 19.0 Å². The summed E-state index contributed by atoms with van der Waals surface area (Å²) in [6.07, 6.45) is 1.82. The van der Waals surface area contributed by atoms with Crippen molar-refractivity contribution in [2.45, 2.75) is 23.0 Å². The van der Waals surface area contributed by atoms with Crippen molar-refractivity contribution in [3.8, 4) is 0 Å². The van der Waals surface area contributed by atoms with E-state index in [-0.39, 0.29) is 5.92 Å². The lowest BCUT2D eigenvalue weighted by Gasteiger charge is -2.30. The molecule has 0 saturated carbocycles. The van der Waals surface area contributed by atoms with Crippen LogP contribution in [0.4, 0.5) is 0 Å². The molecule has 3 heterocycles. The Balaban J connectivity index is 1.61. The Morgan fingerprint density at radius 3 is 2.75 bits per heavy atom. The molecule has 0 bridgehead atoms. The minimum Gasteiger partial charge on any atom is -0.241 e. The van der Waals surface area contributed by atoms with Gasteiger partial charge in [-0.2, -0.15) is 4.31 Å². The third kappa shape index (κ3) is 2.99. The molecule has 24 heavy (non-hydrogen) atoms. The lowest BCUT2D eigenvalue weighted by Crippen LogP contribution is -2.38. The molecule has 2 aromatic heterocycles. The molecule has 126 valence electrons. The number of piperidine rings is 1. The van der Waals surface area contributed by atoms with E-state index >= 15 is 0 Å². The van der Waals surface area contributed by atoms with Crippen LogP contribution < -0.4 is 0 Å². The van der Waals surface area contributed by atoms with Crippen molar-refractivity contribution >= 4 is 54.5 Å². The van der Waals surface area contributed by atoms with Crippen molar-refractivity contribution in [2.24, 2.45) is 0 Å². The zero-order valence-electron chi connectivity index (χ0n) is 12.7. The van der Waals surface area contributed by atoms with E-state index in [0.717, 1.165) is 39.4 Å². The van der Waals surface area contributed by atoms with Crippen LogP contribution in [0.2, 0.25) is 4.34 Å². The summed E-state index contributed by atoms with van der Waals surface area (Å²) in [5.41, 5.74) is 0.988. The molecule has 1 atom stereocenters. The normalized spacial score (nSPS) is 19.8. The van der Waals surface area contributed by atoms with Gasteiger partial charge in [0.1, 0.15) is 4.21 Å². The van der Waals surface area contributed by atoms with Crippen LogP contribution in [0.5, 0.6) is 0 Å². The molecule has 0 unspecified atom stereocenters. The number of para-hydroxylation sites is 1. The maximum atomic E-state index is 12.8. The largest absolute Gasteiger partial charge is 0.252 e. The number of halogens is 1. The quantitative estimate of drug-likeness (QED) is 0.648. The number of fused-ring (bicyclic) bond motifs is 1. The second-order valence-corrected chi connectivity index (χ2v) is 10.7. The minimum atomic E-state index is -3.47. The van der Waals surface area contributed by atoms with Gasteiger partial charge in [-0.3, -0.25) is 0 Å². The number of hydrogen-bond donors (Lipinski definition) is 0. The minimum absolute atomic E-state index is 0.154. The lowest BCUT2D eigenvalue weighted by molar-refractivity contribution is 0.316. The number of thiophene rings is 1. The highest BCUT2D eigenvalue weighted by Gasteiger charge is 2.33. The first-order valence-electron chi connectivity index (χ1n) is 7.65. The van der Waals surface area contributed by atoms with E-state index in [9.17, 15) is 8.42 Å². The van der Waals surface area contributed by atoms with Crippen molar-refractivity contribution < 1.29 is 8.42 Å². The predicted molar refractivity (Wildman–Crippen MR) is 99.7 cm³/mol. The molecule has 1 aromatic carbocycles. The maximum Gasteiger partial charge on any atom is 0.252 e. The summed E-state index contributed by atoms with van der Waals surface area (Å²) >= 11 is 8.68. The van der Waals surface area contributed by atoms with E-state index in [1.807, 2.05) is 18.2 Å². The van der Waals surface area contributed by atoms with Crippen molar-refractivity contribution in [2.75, 3.05) is 13.1 Å². The molecule has 1 fully saturated rings. The van der Waals surface area contributed by atoms with Crippen molar-refractivity contribution in [3.63, 3.8) is 0 Å². The van der Waals surface area contributed by atoms with Crippen molar-refractivity contribution in [1.29, 1.82) is 0 Å². The molecule has 3 aromatic rings. The zero-order chi connectivity index (χ0) is 16.7. The number of nitrogens with zero attached hydrogens (tertiary/aromatic N) is 2. The highest BCUT2D eigenvalue weighted by Crippen LogP contribution is 2.36. The number of sulfonamides is 1. The zero-order valence-corrected chi connectivity index (χ0v) is 15.9. The van der Waals surface area contributed by atoms with Crippen LogP contribution >= 0.6 is 34.3 Å². The van der Waals surface area contributed by atoms with E-state index in [2.05, 4.69) is 6.07 Å². The Labute approximate surface area is 153 Å². The van der Waals surface area contributed by atoms with E-state index in [0.29, 0.717) is 21.6 Å². The molecule has 4 nitrogen and oxygen atoms in total. The monoisotopic (exact) mass is 398 g/mol. The molecule has 1 saturated heterocycles. The molecular weight excluding hydrogens is 384 g/mol. The van der Waals surface area contributed by atoms with Crippen LogP contribution in [-0.2, 0) is 10.0 Å². The van der Waals surface area contributed by atoms with E-state index in [4.69, 9.17) is 16.6 Å². The molecule has 4 rings (SSSR count). The SMILES string of the molecule is O=S(=O)(c1ccc(Cl)s1)N1CCC[C@@H](c2nc3ccccc3s2)C1. The third-order valence-electron chi connectivity index (χ3n) is 4.19. The van der Waals surface area contributed by atoms with Crippen LogP contribution in [0.15, 0.2) is 40.6 Å². The fraction of sp³-hybridized carbons (Fsp3) is 0.312. The summed E-state index contributed by atoms with van der Waals surface area (Å²) in [5.74, 6) is 0.154. The number of aromatic nitrogens is 1. The number of thiazole rings is 1.